The Morgan fingerprint density at radius 3 is 2.73 bits per heavy atom. The summed E-state index contributed by atoms with van der Waals surface area (Å²) in [7, 11) is -3.07. The van der Waals surface area contributed by atoms with E-state index < -0.39 is 10.0 Å². The highest BCUT2D eigenvalue weighted by atomic mass is 32.2. The molecule has 22 heavy (non-hydrogen) atoms. The highest BCUT2D eigenvalue weighted by molar-refractivity contribution is 7.88. The van der Waals surface area contributed by atoms with Gasteiger partial charge in [-0.05, 0) is 49.4 Å². The molecule has 2 fully saturated rings. The molecular formula is C16H23FN2O2S. The van der Waals surface area contributed by atoms with Gasteiger partial charge in [-0.25, -0.2) is 17.1 Å². The molecule has 0 spiro atoms. The second-order valence-corrected chi connectivity index (χ2v) is 8.53. The van der Waals surface area contributed by atoms with Gasteiger partial charge in [-0.3, -0.25) is 4.90 Å². The van der Waals surface area contributed by atoms with Gasteiger partial charge in [0.15, 0.2) is 0 Å². The van der Waals surface area contributed by atoms with Gasteiger partial charge in [0.05, 0.1) is 6.26 Å². The molecule has 0 radical (unpaired) electrons. The second kappa shape index (κ2) is 6.26. The van der Waals surface area contributed by atoms with Crippen LogP contribution in [0.1, 0.15) is 18.4 Å². The van der Waals surface area contributed by atoms with Gasteiger partial charge in [0, 0.05) is 25.7 Å². The first kappa shape index (κ1) is 15.9. The van der Waals surface area contributed by atoms with Gasteiger partial charge in [-0.15, -0.1) is 0 Å². The topological polar surface area (TPSA) is 40.6 Å². The molecule has 2 heterocycles. The van der Waals surface area contributed by atoms with Crippen LogP contribution < -0.4 is 0 Å². The number of likely N-dealkylation sites (tertiary alicyclic amines) is 1. The summed E-state index contributed by atoms with van der Waals surface area (Å²) in [5.74, 6) is 0.362. The van der Waals surface area contributed by atoms with E-state index in [9.17, 15) is 12.8 Å². The molecule has 2 saturated heterocycles. The number of nitrogens with zero attached hydrogens (tertiary/aromatic N) is 2. The van der Waals surface area contributed by atoms with E-state index in [4.69, 9.17) is 0 Å². The first-order valence-electron chi connectivity index (χ1n) is 7.85. The van der Waals surface area contributed by atoms with Crippen LogP contribution in [0.25, 0.3) is 0 Å². The molecule has 0 N–H and O–H groups in total. The fourth-order valence-electron chi connectivity index (χ4n) is 3.67. The predicted octanol–water partition coefficient (Wildman–Crippen LogP) is 1.72. The number of benzene rings is 1. The van der Waals surface area contributed by atoms with E-state index in [1.807, 2.05) is 6.07 Å². The van der Waals surface area contributed by atoms with E-state index >= 15 is 0 Å². The summed E-state index contributed by atoms with van der Waals surface area (Å²) in [6, 6.07) is 7.17. The molecule has 122 valence electrons. The molecule has 2 unspecified atom stereocenters. The maximum absolute atomic E-state index is 13.2. The lowest BCUT2D eigenvalue weighted by Gasteiger charge is -2.24. The molecule has 0 saturated carbocycles. The Bertz CT molecular complexity index is 635. The van der Waals surface area contributed by atoms with E-state index in [0.29, 0.717) is 25.0 Å². The summed E-state index contributed by atoms with van der Waals surface area (Å²) in [6.45, 7) is 3.25. The third-order valence-electron chi connectivity index (χ3n) is 4.84. The molecule has 1 aromatic rings. The lowest BCUT2D eigenvalue weighted by molar-refractivity contribution is 0.241. The third kappa shape index (κ3) is 3.67. The van der Waals surface area contributed by atoms with Crippen LogP contribution in [0.4, 0.5) is 4.39 Å². The van der Waals surface area contributed by atoms with Crippen LogP contribution in [0.3, 0.4) is 0 Å². The number of hydrogen-bond acceptors (Lipinski definition) is 3. The number of halogens is 1. The smallest absolute Gasteiger partial charge is 0.211 e. The maximum atomic E-state index is 13.2. The van der Waals surface area contributed by atoms with Crippen LogP contribution in [0.5, 0.6) is 0 Å². The van der Waals surface area contributed by atoms with E-state index in [2.05, 4.69) is 4.90 Å². The van der Waals surface area contributed by atoms with Gasteiger partial charge >= 0.3 is 0 Å². The van der Waals surface area contributed by atoms with E-state index in [1.54, 1.807) is 16.4 Å². The summed E-state index contributed by atoms with van der Waals surface area (Å²) in [5.41, 5.74) is 1.05. The quantitative estimate of drug-likeness (QED) is 0.846. The zero-order valence-corrected chi connectivity index (χ0v) is 13.7. The molecule has 0 bridgehead atoms. The predicted molar refractivity (Wildman–Crippen MR) is 84.6 cm³/mol. The van der Waals surface area contributed by atoms with Gasteiger partial charge in [0.1, 0.15) is 5.82 Å². The molecule has 2 aliphatic rings. The molecule has 0 amide bonds. The van der Waals surface area contributed by atoms with Gasteiger partial charge in [0.25, 0.3) is 0 Å². The van der Waals surface area contributed by atoms with Crippen molar-refractivity contribution in [3.05, 3.63) is 35.6 Å². The highest BCUT2D eigenvalue weighted by Gasteiger charge is 2.35. The van der Waals surface area contributed by atoms with Crippen molar-refractivity contribution in [2.45, 2.75) is 25.3 Å². The summed E-state index contributed by atoms with van der Waals surface area (Å²) < 4.78 is 38.0. The minimum absolute atomic E-state index is 0.174. The zero-order valence-electron chi connectivity index (χ0n) is 12.9. The van der Waals surface area contributed by atoms with E-state index in [1.165, 1.54) is 12.3 Å². The maximum Gasteiger partial charge on any atom is 0.211 e. The molecule has 0 aromatic heterocycles. The van der Waals surface area contributed by atoms with Gasteiger partial charge in [-0.2, -0.15) is 0 Å². The van der Waals surface area contributed by atoms with Gasteiger partial charge < -0.3 is 0 Å². The summed E-state index contributed by atoms with van der Waals surface area (Å²) in [4.78, 5) is 2.41. The lowest BCUT2D eigenvalue weighted by atomic mass is 9.99. The monoisotopic (exact) mass is 326 g/mol. The van der Waals surface area contributed by atoms with Crippen LogP contribution in [0.15, 0.2) is 24.3 Å². The van der Waals surface area contributed by atoms with Crippen LogP contribution in [-0.4, -0.2) is 56.1 Å². The molecule has 1 aromatic carbocycles. The second-order valence-electron chi connectivity index (χ2n) is 6.55. The van der Waals surface area contributed by atoms with Crippen molar-refractivity contribution in [1.82, 2.24) is 9.21 Å². The molecule has 6 heteroatoms. The molecule has 4 nitrogen and oxygen atoms in total. The van der Waals surface area contributed by atoms with Crippen LogP contribution in [0, 0.1) is 11.7 Å². The molecule has 2 aliphatic heterocycles. The number of sulfonamides is 1. The van der Waals surface area contributed by atoms with Crippen LogP contribution in [0.2, 0.25) is 0 Å². The van der Waals surface area contributed by atoms with E-state index in [0.717, 1.165) is 37.9 Å². The van der Waals surface area contributed by atoms with Crippen LogP contribution in [-0.2, 0) is 16.4 Å². The number of hydrogen-bond donors (Lipinski definition) is 0. The average Bonchev–Trinajstić information content (AvgIpc) is 3.06. The Morgan fingerprint density at radius 1 is 1.23 bits per heavy atom. The normalized spacial score (nSPS) is 27.5. The Morgan fingerprint density at radius 2 is 2.05 bits per heavy atom. The highest BCUT2D eigenvalue weighted by Crippen LogP contribution is 2.27. The Labute approximate surface area is 132 Å². The Hall–Kier alpha value is -0.980. The fraction of sp³-hybridized carbons (Fsp3) is 0.625. The van der Waals surface area contributed by atoms with Crippen molar-refractivity contribution in [2.75, 3.05) is 32.4 Å². The lowest BCUT2D eigenvalue weighted by Crippen LogP contribution is -2.37. The van der Waals surface area contributed by atoms with E-state index in [-0.39, 0.29) is 5.82 Å². The largest absolute Gasteiger partial charge is 0.299 e. The SMILES string of the molecule is CS(=O)(=O)N1CCC(N2CCC(Cc3cccc(F)c3)C2)C1. The average molecular weight is 326 g/mol. The summed E-state index contributed by atoms with van der Waals surface area (Å²) in [5, 5.41) is 0. The van der Waals surface area contributed by atoms with Crippen molar-refractivity contribution in [1.29, 1.82) is 0 Å². The van der Waals surface area contributed by atoms with Gasteiger partial charge in [0.2, 0.25) is 10.0 Å². The molecular weight excluding hydrogens is 303 g/mol. The standard InChI is InChI=1S/C16H23FN2O2S/c1-22(20,21)19-8-6-16(12-19)18-7-5-14(11-18)9-13-3-2-4-15(17)10-13/h2-4,10,14,16H,5-9,11-12H2,1H3. The minimum atomic E-state index is -3.07. The molecule has 3 rings (SSSR count). The molecule has 0 aliphatic carbocycles. The van der Waals surface area contributed by atoms with Gasteiger partial charge in [-0.1, -0.05) is 12.1 Å². The van der Waals surface area contributed by atoms with Crippen molar-refractivity contribution >= 4 is 10.0 Å². The van der Waals surface area contributed by atoms with Crippen molar-refractivity contribution in [3.63, 3.8) is 0 Å². The minimum Gasteiger partial charge on any atom is -0.299 e. The van der Waals surface area contributed by atoms with Crippen molar-refractivity contribution in [3.8, 4) is 0 Å². The van der Waals surface area contributed by atoms with Crippen molar-refractivity contribution < 1.29 is 12.8 Å². The number of rotatable bonds is 4. The first-order valence-corrected chi connectivity index (χ1v) is 9.70. The Balaban J connectivity index is 1.55. The summed E-state index contributed by atoms with van der Waals surface area (Å²) >= 11 is 0. The molecule has 2 atom stereocenters. The summed E-state index contributed by atoms with van der Waals surface area (Å²) in [6.07, 6.45) is 4.20. The third-order valence-corrected chi connectivity index (χ3v) is 6.11. The first-order chi connectivity index (χ1) is 10.4. The zero-order chi connectivity index (χ0) is 15.7. The fourth-order valence-corrected chi connectivity index (χ4v) is 4.55. The van der Waals surface area contributed by atoms with Crippen molar-refractivity contribution in [2.24, 2.45) is 5.92 Å². The van der Waals surface area contributed by atoms with Crippen LogP contribution >= 0.6 is 0 Å². The Kier molecular flexibility index (Phi) is 4.52.